The van der Waals surface area contributed by atoms with Gasteiger partial charge in [-0.25, -0.2) is 4.98 Å². The van der Waals surface area contributed by atoms with E-state index in [1.807, 2.05) is 0 Å². The van der Waals surface area contributed by atoms with E-state index < -0.39 is 4.92 Å². The number of aromatic nitrogens is 1. The lowest BCUT2D eigenvalue weighted by molar-refractivity contribution is -0.385. The predicted molar refractivity (Wildman–Crippen MR) is 76.7 cm³/mol. The number of pyridine rings is 1. The number of ether oxygens (including phenoxy) is 2. The Kier molecular flexibility index (Phi) is 4.41. The molecule has 6 nitrogen and oxygen atoms in total. The Labute approximate surface area is 127 Å². The van der Waals surface area contributed by atoms with E-state index in [4.69, 9.17) is 21.1 Å². The van der Waals surface area contributed by atoms with Crippen molar-refractivity contribution in [1.82, 2.24) is 4.98 Å². The molecule has 0 aliphatic rings. The molecule has 0 atom stereocenters. The summed E-state index contributed by atoms with van der Waals surface area (Å²) in [4.78, 5) is 14.4. The van der Waals surface area contributed by atoms with Gasteiger partial charge in [0.05, 0.1) is 27.6 Å². The molecule has 104 valence electrons. The largest absolute Gasteiger partial charge is 0.490 e. The van der Waals surface area contributed by atoms with Gasteiger partial charge in [0.25, 0.3) is 0 Å². The zero-order chi connectivity index (χ0) is 14.7. The van der Waals surface area contributed by atoms with Crippen LogP contribution in [0.5, 0.6) is 17.4 Å². The van der Waals surface area contributed by atoms with E-state index in [0.29, 0.717) is 9.50 Å². The van der Waals surface area contributed by atoms with Gasteiger partial charge in [-0.15, -0.1) is 0 Å². The SMILES string of the molecule is COc1ccc(Oc2ncc(Cl)cc2Br)cc1[N+](=O)[O-]. The number of hydrogen-bond donors (Lipinski definition) is 0. The molecule has 2 rings (SSSR count). The van der Waals surface area contributed by atoms with E-state index in [1.54, 1.807) is 12.1 Å². The van der Waals surface area contributed by atoms with Gasteiger partial charge in [-0.3, -0.25) is 10.1 Å². The molecule has 0 bridgehead atoms. The summed E-state index contributed by atoms with van der Waals surface area (Å²) in [5, 5.41) is 11.4. The molecule has 0 radical (unpaired) electrons. The fourth-order valence-corrected chi connectivity index (χ4v) is 2.18. The summed E-state index contributed by atoms with van der Waals surface area (Å²) in [6.07, 6.45) is 1.42. The molecular weight excluding hydrogens is 351 g/mol. The van der Waals surface area contributed by atoms with E-state index in [1.165, 1.54) is 25.4 Å². The standard InChI is InChI=1S/C12H8BrClN2O4/c1-19-11-3-2-8(5-10(11)16(17)18)20-12-9(13)4-7(14)6-15-12/h2-6H,1H3. The number of nitrogens with zero attached hydrogens (tertiary/aromatic N) is 2. The molecule has 0 N–H and O–H groups in total. The third kappa shape index (κ3) is 3.17. The van der Waals surface area contributed by atoms with Crippen molar-refractivity contribution in [1.29, 1.82) is 0 Å². The Morgan fingerprint density at radius 2 is 2.15 bits per heavy atom. The van der Waals surface area contributed by atoms with Crippen LogP contribution in [0.15, 0.2) is 34.9 Å². The predicted octanol–water partition coefficient (Wildman–Crippen LogP) is 4.21. The van der Waals surface area contributed by atoms with E-state index in [0.717, 1.165) is 0 Å². The van der Waals surface area contributed by atoms with Crippen LogP contribution in [0.25, 0.3) is 0 Å². The topological polar surface area (TPSA) is 74.5 Å². The van der Waals surface area contributed by atoms with Crippen molar-refractivity contribution in [3.8, 4) is 17.4 Å². The fourth-order valence-electron chi connectivity index (χ4n) is 1.46. The monoisotopic (exact) mass is 358 g/mol. The average Bonchev–Trinajstić information content (AvgIpc) is 2.41. The van der Waals surface area contributed by atoms with Gasteiger partial charge in [0.2, 0.25) is 5.88 Å². The lowest BCUT2D eigenvalue weighted by atomic mass is 10.3. The first-order chi connectivity index (χ1) is 9.51. The molecule has 1 aromatic heterocycles. The molecule has 0 saturated carbocycles. The Bertz CT molecular complexity index is 666. The maximum Gasteiger partial charge on any atom is 0.314 e. The molecule has 0 fully saturated rings. The first kappa shape index (κ1) is 14.5. The van der Waals surface area contributed by atoms with Gasteiger partial charge in [0.1, 0.15) is 5.75 Å². The van der Waals surface area contributed by atoms with Crippen molar-refractivity contribution in [2.75, 3.05) is 7.11 Å². The smallest absolute Gasteiger partial charge is 0.314 e. The number of methoxy groups -OCH3 is 1. The summed E-state index contributed by atoms with van der Waals surface area (Å²) in [5.74, 6) is 0.687. The van der Waals surface area contributed by atoms with E-state index in [-0.39, 0.29) is 23.1 Å². The second-order valence-electron chi connectivity index (χ2n) is 3.63. The van der Waals surface area contributed by atoms with Crippen LogP contribution in [0, 0.1) is 10.1 Å². The van der Waals surface area contributed by atoms with Crippen LogP contribution in [-0.2, 0) is 0 Å². The van der Waals surface area contributed by atoms with Crippen LogP contribution < -0.4 is 9.47 Å². The third-order valence-electron chi connectivity index (χ3n) is 2.34. The summed E-state index contributed by atoms with van der Waals surface area (Å²) >= 11 is 9.02. The quantitative estimate of drug-likeness (QED) is 0.604. The minimum atomic E-state index is -0.546. The Morgan fingerprint density at radius 1 is 1.40 bits per heavy atom. The molecule has 0 aliphatic heterocycles. The highest BCUT2D eigenvalue weighted by molar-refractivity contribution is 9.10. The minimum Gasteiger partial charge on any atom is -0.490 e. The Hall–Kier alpha value is -1.86. The van der Waals surface area contributed by atoms with Crippen molar-refractivity contribution in [3.63, 3.8) is 0 Å². The second kappa shape index (κ2) is 6.06. The highest BCUT2D eigenvalue weighted by Gasteiger charge is 2.16. The van der Waals surface area contributed by atoms with Crippen LogP contribution in [0.3, 0.4) is 0 Å². The van der Waals surface area contributed by atoms with Gasteiger partial charge >= 0.3 is 5.69 Å². The molecule has 0 amide bonds. The third-order valence-corrected chi connectivity index (χ3v) is 3.11. The maximum absolute atomic E-state index is 10.9. The molecule has 0 saturated heterocycles. The number of nitro groups is 1. The molecule has 2 aromatic rings. The summed E-state index contributed by atoms with van der Waals surface area (Å²) < 4.78 is 10.9. The number of nitro benzene ring substituents is 1. The van der Waals surface area contributed by atoms with Crippen LogP contribution in [0.4, 0.5) is 5.69 Å². The normalized spacial score (nSPS) is 10.2. The lowest BCUT2D eigenvalue weighted by Gasteiger charge is -2.08. The number of rotatable bonds is 4. The van der Waals surface area contributed by atoms with Gasteiger partial charge in [-0.1, -0.05) is 11.6 Å². The van der Waals surface area contributed by atoms with E-state index >= 15 is 0 Å². The maximum atomic E-state index is 10.9. The first-order valence-electron chi connectivity index (χ1n) is 5.32. The van der Waals surface area contributed by atoms with Crippen LogP contribution in [0.2, 0.25) is 5.02 Å². The molecule has 0 unspecified atom stereocenters. The zero-order valence-electron chi connectivity index (χ0n) is 10.2. The number of benzene rings is 1. The molecule has 20 heavy (non-hydrogen) atoms. The fraction of sp³-hybridized carbons (Fsp3) is 0.0833. The van der Waals surface area contributed by atoms with Crippen molar-refractivity contribution in [2.45, 2.75) is 0 Å². The second-order valence-corrected chi connectivity index (χ2v) is 4.92. The Morgan fingerprint density at radius 3 is 2.75 bits per heavy atom. The summed E-state index contributed by atoms with van der Waals surface area (Å²) in [6.45, 7) is 0. The van der Waals surface area contributed by atoms with Gasteiger partial charge in [0, 0.05) is 6.20 Å². The minimum absolute atomic E-state index is 0.158. The first-order valence-corrected chi connectivity index (χ1v) is 6.49. The van der Waals surface area contributed by atoms with Crippen molar-refractivity contribution >= 4 is 33.2 Å². The molecule has 0 aliphatic carbocycles. The van der Waals surface area contributed by atoms with Gasteiger partial charge in [-0.05, 0) is 34.1 Å². The van der Waals surface area contributed by atoms with E-state index in [2.05, 4.69) is 20.9 Å². The van der Waals surface area contributed by atoms with Crippen LogP contribution in [0.1, 0.15) is 0 Å². The van der Waals surface area contributed by atoms with Gasteiger partial charge < -0.3 is 9.47 Å². The highest BCUT2D eigenvalue weighted by Crippen LogP contribution is 2.34. The lowest BCUT2D eigenvalue weighted by Crippen LogP contribution is -1.95. The van der Waals surface area contributed by atoms with Crippen LogP contribution in [-0.4, -0.2) is 17.0 Å². The Balaban J connectivity index is 2.34. The molecular formula is C12H8BrClN2O4. The number of hydrogen-bond acceptors (Lipinski definition) is 5. The van der Waals surface area contributed by atoms with Crippen molar-refractivity contribution < 1.29 is 14.4 Å². The van der Waals surface area contributed by atoms with E-state index in [9.17, 15) is 10.1 Å². The molecule has 1 aromatic carbocycles. The summed E-state index contributed by atoms with van der Waals surface area (Å²) in [7, 11) is 1.36. The van der Waals surface area contributed by atoms with Crippen molar-refractivity contribution in [3.05, 3.63) is 50.1 Å². The summed E-state index contributed by atoms with van der Waals surface area (Å²) in [5.41, 5.74) is -0.185. The molecule has 8 heteroatoms. The number of halogens is 2. The zero-order valence-corrected chi connectivity index (χ0v) is 12.5. The molecule has 0 spiro atoms. The molecule has 1 heterocycles. The average molecular weight is 360 g/mol. The van der Waals surface area contributed by atoms with Gasteiger partial charge in [-0.2, -0.15) is 0 Å². The van der Waals surface area contributed by atoms with Crippen LogP contribution >= 0.6 is 27.5 Å². The summed E-state index contributed by atoms with van der Waals surface area (Å²) in [6, 6.07) is 5.88. The highest BCUT2D eigenvalue weighted by atomic mass is 79.9. The van der Waals surface area contributed by atoms with Crippen molar-refractivity contribution in [2.24, 2.45) is 0 Å². The van der Waals surface area contributed by atoms with Gasteiger partial charge in [0.15, 0.2) is 5.75 Å².